The summed E-state index contributed by atoms with van der Waals surface area (Å²) in [7, 11) is 3.16. The molecule has 0 bridgehead atoms. The quantitative estimate of drug-likeness (QED) is 0.760. The van der Waals surface area contributed by atoms with Crippen LogP contribution in [0.4, 0.5) is 0 Å². The van der Waals surface area contributed by atoms with E-state index in [-0.39, 0.29) is 18.4 Å². The van der Waals surface area contributed by atoms with Crippen molar-refractivity contribution in [1.29, 1.82) is 0 Å². The smallest absolute Gasteiger partial charge is 0.261 e. The van der Waals surface area contributed by atoms with Gasteiger partial charge in [0.05, 0.1) is 7.11 Å². The monoisotopic (exact) mass is 384 g/mol. The highest BCUT2D eigenvalue weighted by molar-refractivity contribution is 5.87. The molecule has 0 spiro atoms. The summed E-state index contributed by atoms with van der Waals surface area (Å²) in [6.45, 7) is 5.82. The van der Waals surface area contributed by atoms with E-state index in [0.717, 1.165) is 22.4 Å². The number of hydrogen-bond donors (Lipinski definition) is 1. The summed E-state index contributed by atoms with van der Waals surface area (Å²) in [5.41, 5.74) is 2.99. The van der Waals surface area contributed by atoms with Gasteiger partial charge in [-0.05, 0) is 55.7 Å². The minimum Gasteiger partial charge on any atom is -0.497 e. The van der Waals surface area contributed by atoms with Crippen molar-refractivity contribution in [3.8, 4) is 11.5 Å². The molecule has 2 aromatic carbocycles. The summed E-state index contributed by atoms with van der Waals surface area (Å²) in [6.07, 6.45) is 0. The molecule has 0 aliphatic rings. The maximum absolute atomic E-state index is 12.9. The zero-order valence-electron chi connectivity index (χ0n) is 17.1. The number of amides is 2. The highest BCUT2D eigenvalue weighted by Crippen LogP contribution is 2.21. The molecule has 1 N–H and O–H groups in total. The van der Waals surface area contributed by atoms with Crippen LogP contribution in [0, 0.1) is 13.8 Å². The average molecular weight is 384 g/mol. The van der Waals surface area contributed by atoms with Gasteiger partial charge in [-0.2, -0.15) is 0 Å². The third kappa shape index (κ3) is 5.25. The number of ether oxygens (including phenoxy) is 2. The topological polar surface area (TPSA) is 67.9 Å². The van der Waals surface area contributed by atoms with Gasteiger partial charge in [0.1, 0.15) is 17.5 Å². The van der Waals surface area contributed by atoms with Crippen molar-refractivity contribution < 1.29 is 19.1 Å². The van der Waals surface area contributed by atoms with E-state index in [2.05, 4.69) is 5.32 Å². The molecule has 0 fully saturated rings. The van der Waals surface area contributed by atoms with Crippen molar-refractivity contribution in [2.75, 3.05) is 20.8 Å². The molecule has 0 unspecified atom stereocenters. The van der Waals surface area contributed by atoms with Crippen LogP contribution in [0.3, 0.4) is 0 Å². The normalized spacial score (nSPS) is 11.5. The van der Waals surface area contributed by atoms with Crippen LogP contribution in [0.25, 0.3) is 0 Å². The zero-order chi connectivity index (χ0) is 20.7. The van der Waals surface area contributed by atoms with Crippen molar-refractivity contribution >= 4 is 11.8 Å². The van der Waals surface area contributed by atoms with Gasteiger partial charge in [0.2, 0.25) is 5.91 Å². The molecule has 2 amide bonds. The summed E-state index contributed by atoms with van der Waals surface area (Å²) in [4.78, 5) is 26.6. The van der Waals surface area contributed by atoms with E-state index in [1.54, 1.807) is 21.1 Å². The van der Waals surface area contributed by atoms with Crippen molar-refractivity contribution in [3.05, 3.63) is 59.2 Å². The number of benzene rings is 2. The van der Waals surface area contributed by atoms with Gasteiger partial charge in [-0.25, -0.2) is 0 Å². The molecule has 0 saturated heterocycles. The molecule has 2 rings (SSSR count). The van der Waals surface area contributed by atoms with E-state index in [4.69, 9.17) is 9.47 Å². The molecule has 6 nitrogen and oxygen atoms in total. The Labute approximate surface area is 166 Å². The number of nitrogens with one attached hydrogen (secondary N) is 1. The maximum atomic E-state index is 12.9. The highest BCUT2D eigenvalue weighted by Gasteiger charge is 2.26. The van der Waals surface area contributed by atoms with Crippen LogP contribution in [0.1, 0.15) is 23.6 Å². The van der Waals surface area contributed by atoms with Gasteiger partial charge in [0.25, 0.3) is 5.91 Å². The van der Waals surface area contributed by atoms with Gasteiger partial charge in [-0.15, -0.1) is 0 Å². The minimum absolute atomic E-state index is 0.137. The first kappa shape index (κ1) is 21.3. The Morgan fingerprint density at radius 3 is 2.39 bits per heavy atom. The predicted molar refractivity (Wildman–Crippen MR) is 108 cm³/mol. The SMILES string of the molecule is CNC(=O)[C@@H](C)N(Cc1ccc(OC)cc1)C(=O)COc1cccc(C)c1C. The number of carbonyl (C=O) groups is 2. The van der Waals surface area contributed by atoms with Gasteiger partial charge in [-0.1, -0.05) is 24.3 Å². The largest absolute Gasteiger partial charge is 0.497 e. The number of methoxy groups -OCH3 is 1. The van der Waals surface area contributed by atoms with Crippen LogP contribution in [-0.4, -0.2) is 43.5 Å². The van der Waals surface area contributed by atoms with E-state index in [1.165, 1.54) is 4.90 Å². The molecule has 6 heteroatoms. The molecule has 0 aromatic heterocycles. The Balaban J connectivity index is 2.15. The molecular weight excluding hydrogens is 356 g/mol. The van der Waals surface area contributed by atoms with Crippen molar-refractivity contribution in [3.63, 3.8) is 0 Å². The van der Waals surface area contributed by atoms with E-state index in [0.29, 0.717) is 12.3 Å². The van der Waals surface area contributed by atoms with Crippen LogP contribution in [0.5, 0.6) is 11.5 Å². The first-order valence-corrected chi connectivity index (χ1v) is 9.20. The second-order valence-corrected chi connectivity index (χ2v) is 6.65. The van der Waals surface area contributed by atoms with Gasteiger partial charge >= 0.3 is 0 Å². The summed E-state index contributed by atoms with van der Waals surface area (Å²) in [5.74, 6) is 0.922. The lowest BCUT2D eigenvalue weighted by molar-refractivity contribution is -0.142. The lowest BCUT2D eigenvalue weighted by atomic mass is 10.1. The van der Waals surface area contributed by atoms with E-state index in [9.17, 15) is 9.59 Å². The highest BCUT2D eigenvalue weighted by atomic mass is 16.5. The molecule has 28 heavy (non-hydrogen) atoms. The molecule has 0 saturated carbocycles. The molecule has 0 radical (unpaired) electrons. The van der Waals surface area contributed by atoms with Gasteiger partial charge in [0, 0.05) is 13.6 Å². The zero-order valence-corrected chi connectivity index (χ0v) is 17.1. The van der Waals surface area contributed by atoms with Gasteiger partial charge in [0.15, 0.2) is 6.61 Å². The van der Waals surface area contributed by atoms with Crippen LogP contribution in [-0.2, 0) is 16.1 Å². The third-order valence-electron chi connectivity index (χ3n) is 4.83. The summed E-state index contributed by atoms with van der Waals surface area (Å²) >= 11 is 0. The lowest BCUT2D eigenvalue weighted by Crippen LogP contribution is -2.48. The van der Waals surface area contributed by atoms with Crippen molar-refractivity contribution in [1.82, 2.24) is 10.2 Å². The first-order valence-electron chi connectivity index (χ1n) is 9.20. The Morgan fingerprint density at radius 1 is 1.11 bits per heavy atom. The van der Waals surface area contributed by atoms with Crippen molar-refractivity contribution in [2.24, 2.45) is 0 Å². The Hall–Kier alpha value is -3.02. The Bertz CT molecular complexity index is 818. The van der Waals surface area contributed by atoms with E-state index >= 15 is 0 Å². The molecule has 2 aromatic rings. The van der Waals surface area contributed by atoms with Crippen LogP contribution < -0.4 is 14.8 Å². The number of nitrogens with zero attached hydrogens (tertiary/aromatic N) is 1. The Morgan fingerprint density at radius 2 is 1.79 bits per heavy atom. The van der Waals surface area contributed by atoms with Crippen molar-refractivity contribution in [2.45, 2.75) is 33.4 Å². The second-order valence-electron chi connectivity index (χ2n) is 6.65. The number of hydrogen-bond acceptors (Lipinski definition) is 4. The lowest BCUT2D eigenvalue weighted by Gasteiger charge is -2.28. The van der Waals surface area contributed by atoms with Crippen LogP contribution in [0.2, 0.25) is 0 Å². The molecule has 1 atom stereocenters. The molecule has 150 valence electrons. The standard InChI is InChI=1S/C22H28N2O4/c1-15-7-6-8-20(16(15)2)28-14-21(25)24(17(3)22(26)23-4)13-18-9-11-19(27-5)12-10-18/h6-12,17H,13-14H2,1-5H3,(H,23,26)/t17-/m1/s1. The average Bonchev–Trinajstić information content (AvgIpc) is 2.72. The molecule has 0 heterocycles. The third-order valence-corrected chi connectivity index (χ3v) is 4.83. The predicted octanol–water partition coefficient (Wildman–Crippen LogP) is 2.85. The fraction of sp³-hybridized carbons (Fsp3) is 0.364. The van der Waals surface area contributed by atoms with Crippen LogP contribution in [0.15, 0.2) is 42.5 Å². The fourth-order valence-electron chi connectivity index (χ4n) is 2.82. The number of likely N-dealkylation sites (N-methyl/N-ethyl adjacent to an activating group) is 1. The fourth-order valence-corrected chi connectivity index (χ4v) is 2.82. The number of aryl methyl sites for hydroxylation is 1. The second kappa shape index (κ2) is 9.78. The van der Waals surface area contributed by atoms with E-state index in [1.807, 2.05) is 56.3 Å². The van der Waals surface area contributed by atoms with Gasteiger partial charge in [-0.3, -0.25) is 9.59 Å². The summed E-state index contributed by atoms with van der Waals surface area (Å²) < 4.78 is 10.9. The number of carbonyl (C=O) groups excluding carboxylic acids is 2. The molecule has 0 aliphatic carbocycles. The molecule has 0 aliphatic heterocycles. The van der Waals surface area contributed by atoms with Crippen LogP contribution >= 0.6 is 0 Å². The Kier molecular flexibility index (Phi) is 7.44. The van der Waals surface area contributed by atoms with Gasteiger partial charge < -0.3 is 19.7 Å². The maximum Gasteiger partial charge on any atom is 0.261 e. The van der Waals surface area contributed by atoms with E-state index < -0.39 is 6.04 Å². The number of rotatable bonds is 8. The minimum atomic E-state index is -0.623. The summed E-state index contributed by atoms with van der Waals surface area (Å²) in [5, 5.41) is 2.60. The molecular formula is C22H28N2O4. The first-order chi connectivity index (χ1) is 13.4. The summed E-state index contributed by atoms with van der Waals surface area (Å²) in [6, 6.07) is 12.5.